The fourth-order valence-corrected chi connectivity index (χ4v) is 1.95. The van der Waals surface area contributed by atoms with Crippen molar-refractivity contribution in [2.24, 2.45) is 0 Å². The minimum Gasteiger partial charge on any atom is -0.396 e. The van der Waals surface area contributed by atoms with E-state index in [9.17, 15) is 0 Å². The molecule has 4 nitrogen and oxygen atoms in total. The number of hydrogen-bond acceptors (Lipinski definition) is 4. The highest BCUT2D eigenvalue weighted by molar-refractivity contribution is 5.60. The van der Waals surface area contributed by atoms with Gasteiger partial charge in [-0.1, -0.05) is 0 Å². The van der Waals surface area contributed by atoms with Crippen molar-refractivity contribution in [2.45, 2.75) is 31.8 Å². The maximum atomic E-state index is 5.78. The normalized spacial score (nSPS) is 20.6. The second-order valence-corrected chi connectivity index (χ2v) is 4.15. The summed E-state index contributed by atoms with van der Waals surface area (Å²) < 4.78 is 5.65. The molecule has 3 N–H and O–H groups in total. The first kappa shape index (κ1) is 11.2. The zero-order valence-corrected chi connectivity index (χ0v) is 9.48. The van der Waals surface area contributed by atoms with Gasteiger partial charge < -0.3 is 15.8 Å². The maximum absolute atomic E-state index is 5.78. The Bertz CT molecular complexity index is 324. The van der Waals surface area contributed by atoms with E-state index < -0.39 is 0 Å². The van der Waals surface area contributed by atoms with E-state index in [4.69, 9.17) is 10.5 Å². The Morgan fingerprint density at radius 2 is 2.44 bits per heavy atom. The van der Waals surface area contributed by atoms with Crippen molar-refractivity contribution >= 4 is 11.5 Å². The van der Waals surface area contributed by atoms with Gasteiger partial charge in [-0.25, -0.2) is 4.98 Å². The minimum atomic E-state index is 0.409. The summed E-state index contributed by atoms with van der Waals surface area (Å²) >= 11 is 0. The average Bonchev–Trinajstić information content (AvgIpc) is 2.33. The second kappa shape index (κ2) is 5.70. The van der Waals surface area contributed by atoms with E-state index in [0.29, 0.717) is 11.8 Å². The number of rotatable bonds is 4. The third-order valence-electron chi connectivity index (χ3n) is 2.87. The molecule has 1 atom stereocenters. The van der Waals surface area contributed by atoms with Crippen LogP contribution in [-0.4, -0.2) is 24.2 Å². The van der Waals surface area contributed by atoms with Crippen LogP contribution in [0, 0.1) is 0 Å². The Morgan fingerprint density at radius 3 is 3.19 bits per heavy atom. The highest BCUT2D eigenvalue weighted by Crippen LogP contribution is 2.17. The molecule has 0 radical (unpaired) electrons. The van der Waals surface area contributed by atoms with Gasteiger partial charge in [0.25, 0.3) is 0 Å². The smallest absolute Gasteiger partial charge is 0.149 e. The van der Waals surface area contributed by atoms with Crippen LogP contribution in [-0.2, 0) is 4.74 Å². The zero-order chi connectivity index (χ0) is 11.2. The maximum Gasteiger partial charge on any atom is 0.149 e. The van der Waals surface area contributed by atoms with Gasteiger partial charge in [-0.3, -0.25) is 0 Å². The molecule has 0 aromatic carbocycles. The Morgan fingerprint density at radius 1 is 1.50 bits per heavy atom. The fraction of sp³-hybridized carbons (Fsp3) is 0.583. The van der Waals surface area contributed by atoms with E-state index in [-0.39, 0.29) is 0 Å². The first-order valence-electron chi connectivity index (χ1n) is 5.92. The number of hydrogen-bond donors (Lipinski definition) is 2. The van der Waals surface area contributed by atoms with Crippen LogP contribution >= 0.6 is 0 Å². The number of ether oxygens (including phenoxy) is 1. The molecule has 1 aliphatic rings. The molecule has 1 aromatic rings. The number of aromatic nitrogens is 1. The quantitative estimate of drug-likeness (QED) is 0.816. The predicted molar refractivity (Wildman–Crippen MR) is 65.3 cm³/mol. The standard InChI is InChI=1S/C12H19N3O/c13-11-5-3-7-14-12(11)15-8-6-10-4-1-2-9-16-10/h3,5,7,10H,1-2,4,6,8-9,13H2,(H,14,15). The molecule has 0 aliphatic carbocycles. The van der Waals surface area contributed by atoms with Crippen molar-refractivity contribution in [1.82, 2.24) is 4.98 Å². The van der Waals surface area contributed by atoms with E-state index in [0.717, 1.165) is 25.4 Å². The predicted octanol–water partition coefficient (Wildman–Crippen LogP) is 2.03. The van der Waals surface area contributed by atoms with Gasteiger partial charge >= 0.3 is 0 Å². The summed E-state index contributed by atoms with van der Waals surface area (Å²) in [5.74, 6) is 0.776. The van der Waals surface area contributed by atoms with Crippen molar-refractivity contribution in [3.8, 4) is 0 Å². The van der Waals surface area contributed by atoms with Gasteiger partial charge in [0.2, 0.25) is 0 Å². The molecule has 2 heterocycles. The molecule has 1 aromatic heterocycles. The number of anilines is 2. The number of pyridine rings is 1. The van der Waals surface area contributed by atoms with E-state index in [2.05, 4.69) is 10.3 Å². The van der Waals surface area contributed by atoms with Crippen LogP contribution < -0.4 is 11.1 Å². The lowest BCUT2D eigenvalue weighted by molar-refractivity contribution is 0.0134. The Labute approximate surface area is 96.2 Å². The second-order valence-electron chi connectivity index (χ2n) is 4.15. The molecule has 4 heteroatoms. The summed E-state index contributed by atoms with van der Waals surface area (Å²) in [6, 6.07) is 3.69. The van der Waals surface area contributed by atoms with E-state index in [1.165, 1.54) is 19.3 Å². The van der Waals surface area contributed by atoms with Crippen molar-refractivity contribution in [2.75, 3.05) is 24.2 Å². The molecule has 0 bridgehead atoms. The highest BCUT2D eigenvalue weighted by Gasteiger charge is 2.13. The number of nitrogen functional groups attached to an aromatic ring is 1. The topological polar surface area (TPSA) is 60.2 Å². The molecule has 1 unspecified atom stereocenters. The van der Waals surface area contributed by atoms with Gasteiger partial charge in [-0.2, -0.15) is 0 Å². The molecule has 0 amide bonds. The fourth-order valence-electron chi connectivity index (χ4n) is 1.95. The number of nitrogens with zero attached hydrogens (tertiary/aromatic N) is 1. The zero-order valence-electron chi connectivity index (χ0n) is 9.48. The van der Waals surface area contributed by atoms with Gasteiger partial charge in [0.1, 0.15) is 5.82 Å². The third-order valence-corrected chi connectivity index (χ3v) is 2.87. The van der Waals surface area contributed by atoms with Crippen molar-refractivity contribution in [3.05, 3.63) is 18.3 Å². The van der Waals surface area contributed by atoms with Crippen LogP contribution in [0.1, 0.15) is 25.7 Å². The lowest BCUT2D eigenvalue weighted by Gasteiger charge is -2.22. The molecular weight excluding hydrogens is 202 g/mol. The van der Waals surface area contributed by atoms with Crippen LogP contribution in [0.4, 0.5) is 11.5 Å². The molecule has 1 aliphatic heterocycles. The van der Waals surface area contributed by atoms with Gasteiger partial charge in [0.05, 0.1) is 11.8 Å². The summed E-state index contributed by atoms with van der Waals surface area (Å²) in [7, 11) is 0. The van der Waals surface area contributed by atoms with Crippen molar-refractivity contribution in [1.29, 1.82) is 0 Å². The summed E-state index contributed by atoms with van der Waals surface area (Å²) in [5.41, 5.74) is 6.48. The summed E-state index contributed by atoms with van der Waals surface area (Å²) in [4.78, 5) is 4.18. The van der Waals surface area contributed by atoms with Crippen molar-refractivity contribution in [3.63, 3.8) is 0 Å². The van der Waals surface area contributed by atoms with Gasteiger partial charge in [-0.15, -0.1) is 0 Å². The van der Waals surface area contributed by atoms with E-state index >= 15 is 0 Å². The summed E-state index contributed by atoms with van der Waals surface area (Å²) in [6.07, 6.45) is 6.85. The summed E-state index contributed by atoms with van der Waals surface area (Å²) in [6.45, 7) is 1.78. The molecular formula is C12H19N3O. The van der Waals surface area contributed by atoms with E-state index in [1.807, 2.05) is 12.1 Å². The highest BCUT2D eigenvalue weighted by atomic mass is 16.5. The van der Waals surface area contributed by atoms with Crippen molar-refractivity contribution < 1.29 is 4.74 Å². The van der Waals surface area contributed by atoms with E-state index in [1.54, 1.807) is 6.20 Å². The Balaban J connectivity index is 1.73. The Kier molecular flexibility index (Phi) is 3.99. The van der Waals surface area contributed by atoms with Crippen LogP contribution in [0.5, 0.6) is 0 Å². The van der Waals surface area contributed by atoms with Gasteiger partial charge in [0, 0.05) is 19.3 Å². The third kappa shape index (κ3) is 3.10. The number of nitrogens with two attached hydrogens (primary N) is 1. The van der Waals surface area contributed by atoms with Gasteiger partial charge in [-0.05, 0) is 37.8 Å². The molecule has 1 fully saturated rings. The molecule has 1 saturated heterocycles. The lowest BCUT2D eigenvalue weighted by atomic mass is 10.1. The molecule has 88 valence electrons. The van der Waals surface area contributed by atoms with Crippen LogP contribution in [0.2, 0.25) is 0 Å². The van der Waals surface area contributed by atoms with Crippen LogP contribution in [0.25, 0.3) is 0 Å². The van der Waals surface area contributed by atoms with Crippen LogP contribution in [0.15, 0.2) is 18.3 Å². The average molecular weight is 221 g/mol. The van der Waals surface area contributed by atoms with Gasteiger partial charge in [0.15, 0.2) is 0 Å². The SMILES string of the molecule is Nc1cccnc1NCCC1CCCCO1. The lowest BCUT2D eigenvalue weighted by Crippen LogP contribution is -2.22. The summed E-state index contributed by atoms with van der Waals surface area (Å²) in [5, 5.41) is 3.24. The first-order chi connectivity index (χ1) is 7.86. The monoisotopic (exact) mass is 221 g/mol. The first-order valence-corrected chi connectivity index (χ1v) is 5.92. The van der Waals surface area contributed by atoms with Crippen LogP contribution in [0.3, 0.4) is 0 Å². The number of nitrogens with one attached hydrogen (secondary N) is 1. The molecule has 0 spiro atoms. The minimum absolute atomic E-state index is 0.409. The molecule has 2 rings (SSSR count). The molecule has 0 saturated carbocycles. The Hall–Kier alpha value is -1.29. The molecule has 16 heavy (non-hydrogen) atoms. The largest absolute Gasteiger partial charge is 0.396 e.